The van der Waals surface area contributed by atoms with Gasteiger partial charge in [0.05, 0.1) is 6.61 Å². The van der Waals surface area contributed by atoms with E-state index in [-0.39, 0.29) is 6.61 Å². The molecule has 0 aromatic rings. The number of carbonyl (C=O) groups is 1. The van der Waals surface area contributed by atoms with Crippen molar-refractivity contribution in [3.63, 3.8) is 0 Å². The summed E-state index contributed by atoms with van der Waals surface area (Å²) in [5.74, 6) is -5.26. The van der Waals surface area contributed by atoms with Gasteiger partial charge >= 0.3 is 11.8 Å². The molecule has 0 aliphatic heterocycles. The van der Waals surface area contributed by atoms with Crippen LogP contribution in [0, 0.1) is 0 Å². The van der Waals surface area contributed by atoms with Crippen LogP contribution in [0.5, 0.6) is 0 Å². The third kappa shape index (κ3) is 6.83. The molecule has 0 aromatic heterocycles. The number of carbonyl (C=O) groups excluding carboxylic acids is 1. The summed E-state index contributed by atoms with van der Waals surface area (Å²) in [5, 5.41) is 0. The van der Waals surface area contributed by atoms with Crippen LogP contribution in [0.2, 0.25) is 0 Å². The smallest absolute Gasteiger partial charge is 0.378 e. The van der Waals surface area contributed by atoms with Gasteiger partial charge in [-0.25, -0.2) is 9.18 Å². The maximum absolute atomic E-state index is 12.9. The highest BCUT2D eigenvalue weighted by atomic mass is 19.3. The predicted molar refractivity (Wildman–Crippen MR) is 61.0 cm³/mol. The molecule has 0 bridgehead atoms. The van der Waals surface area contributed by atoms with Crippen LogP contribution in [0.4, 0.5) is 13.3 Å². The van der Waals surface area contributed by atoms with Crippen LogP contribution < -0.4 is 0 Å². The van der Waals surface area contributed by atoms with E-state index in [1.807, 2.05) is 0 Å². The molecule has 18 heavy (non-hydrogen) atoms. The van der Waals surface area contributed by atoms with Gasteiger partial charge < -0.3 is 4.74 Å². The summed E-state index contributed by atoms with van der Waals surface area (Å²) in [5.41, 5.74) is 0. The number of rotatable bonds is 11. The third-order valence-electron chi connectivity index (χ3n) is 2.58. The zero-order valence-electron chi connectivity index (χ0n) is 10.7. The fourth-order valence-corrected chi connectivity index (χ4v) is 1.44. The summed E-state index contributed by atoms with van der Waals surface area (Å²) in [4.78, 5) is 13.6. The van der Waals surface area contributed by atoms with Gasteiger partial charge in [-0.3, -0.25) is 0 Å². The minimum atomic E-state index is -3.61. The van der Waals surface area contributed by atoms with Crippen LogP contribution in [0.1, 0.15) is 51.9 Å². The van der Waals surface area contributed by atoms with Crippen LogP contribution in [0.3, 0.4) is 0 Å². The van der Waals surface area contributed by atoms with Crippen LogP contribution in [-0.2, 0) is 14.5 Å². The van der Waals surface area contributed by atoms with Crippen molar-refractivity contribution in [1.82, 2.24) is 0 Å². The Balaban J connectivity index is 3.51. The van der Waals surface area contributed by atoms with E-state index in [4.69, 9.17) is 0 Å². The summed E-state index contributed by atoms with van der Waals surface area (Å²) in [7, 11) is 0. The first-order chi connectivity index (χ1) is 8.60. The van der Waals surface area contributed by atoms with E-state index in [1.54, 1.807) is 0 Å². The highest BCUT2D eigenvalue weighted by Gasteiger charge is 2.44. The average molecular weight is 270 g/mol. The predicted octanol–water partition coefficient (Wildman–Crippen LogP) is 3.82. The lowest BCUT2D eigenvalue weighted by molar-refractivity contribution is -0.294. The van der Waals surface area contributed by atoms with Gasteiger partial charge in [0.25, 0.3) is 0 Å². The highest BCUT2D eigenvalue weighted by Crippen LogP contribution is 2.17. The molecule has 0 saturated heterocycles. The first kappa shape index (κ1) is 17.2. The van der Waals surface area contributed by atoms with E-state index < -0.39 is 18.5 Å². The van der Waals surface area contributed by atoms with Gasteiger partial charge in [-0.15, -0.1) is 4.94 Å². The van der Waals surface area contributed by atoms with Gasteiger partial charge in [0.15, 0.2) is 6.67 Å². The lowest BCUT2D eigenvalue weighted by atomic mass is 10.1. The molecule has 0 heterocycles. The quantitative estimate of drug-likeness (QED) is 0.423. The van der Waals surface area contributed by atoms with Crippen molar-refractivity contribution in [2.24, 2.45) is 0 Å². The topological polar surface area (TPSA) is 35.5 Å². The zero-order chi connectivity index (χ0) is 13.9. The molecule has 0 aromatic carbocycles. The molecule has 0 saturated carbocycles. The second-order valence-corrected chi connectivity index (χ2v) is 4.20. The summed E-state index contributed by atoms with van der Waals surface area (Å²) < 4.78 is 40.9. The Bertz CT molecular complexity index is 221. The summed E-state index contributed by atoms with van der Waals surface area (Å²) in [6, 6.07) is 0. The Labute approximate surface area is 106 Å². The number of hydrogen-bond donors (Lipinski definition) is 0. The molecule has 0 fully saturated rings. The molecule has 0 aliphatic rings. The zero-order valence-corrected chi connectivity index (χ0v) is 10.7. The van der Waals surface area contributed by atoms with Crippen molar-refractivity contribution in [2.45, 2.75) is 57.7 Å². The van der Waals surface area contributed by atoms with Crippen molar-refractivity contribution in [1.29, 1.82) is 0 Å². The second-order valence-electron chi connectivity index (χ2n) is 4.20. The summed E-state index contributed by atoms with van der Waals surface area (Å²) in [6.45, 7) is 0.168. The van der Waals surface area contributed by atoms with Crippen LogP contribution in [-0.4, -0.2) is 25.1 Å². The summed E-state index contributed by atoms with van der Waals surface area (Å²) >= 11 is 0. The molecular formula is C12H21F3O3. The van der Waals surface area contributed by atoms with E-state index in [1.165, 1.54) is 19.3 Å². The Morgan fingerprint density at radius 1 is 1.11 bits per heavy atom. The molecule has 0 spiro atoms. The second kappa shape index (κ2) is 10.2. The Morgan fingerprint density at radius 2 is 1.67 bits per heavy atom. The Hall–Kier alpha value is -0.780. The molecule has 0 aliphatic carbocycles. The van der Waals surface area contributed by atoms with Gasteiger partial charge in [-0.2, -0.15) is 4.39 Å². The Kier molecular flexibility index (Phi) is 9.73. The lowest BCUT2D eigenvalue weighted by Crippen LogP contribution is -2.38. The highest BCUT2D eigenvalue weighted by molar-refractivity contribution is 5.77. The molecule has 0 N–H and O–H groups in total. The van der Waals surface area contributed by atoms with E-state index in [0.29, 0.717) is 6.42 Å². The molecule has 0 amide bonds. The first-order valence-electron chi connectivity index (χ1n) is 6.32. The minimum absolute atomic E-state index is 0.0539. The van der Waals surface area contributed by atoms with Gasteiger partial charge in [0.1, 0.15) is 0 Å². The van der Waals surface area contributed by atoms with Gasteiger partial charge in [0.2, 0.25) is 0 Å². The maximum atomic E-state index is 12.9. The molecule has 108 valence electrons. The molecule has 1 atom stereocenters. The standard InChI is InChI=1S/C12H21F3O3/c1-2-3-4-5-6-7-8-9-17-11(16)12(14,10-13)18-15/h2-10H2,1H3. The van der Waals surface area contributed by atoms with E-state index >= 15 is 0 Å². The third-order valence-corrected chi connectivity index (χ3v) is 2.58. The van der Waals surface area contributed by atoms with E-state index in [0.717, 1.165) is 19.3 Å². The molecule has 0 rings (SSSR count). The van der Waals surface area contributed by atoms with Crippen molar-refractivity contribution >= 4 is 5.97 Å². The number of esters is 1. The average Bonchev–Trinajstić information content (AvgIpc) is 2.40. The number of halogens is 3. The number of ether oxygens (including phenoxy) is 1. The normalized spacial score (nSPS) is 14.2. The summed E-state index contributed by atoms with van der Waals surface area (Å²) in [6.07, 6.45) is 7.02. The van der Waals surface area contributed by atoms with Crippen molar-refractivity contribution in [2.75, 3.05) is 13.3 Å². The van der Waals surface area contributed by atoms with Crippen LogP contribution >= 0.6 is 0 Å². The monoisotopic (exact) mass is 270 g/mol. The molecule has 1 unspecified atom stereocenters. The Morgan fingerprint density at radius 3 is 2.17 bits per heavy atom. The van der Waals surface area contributed by atoms with Crippen LogP contribution in [0.25, 0.3) is 0 Å². The van der Waals surface area contributed by atoms with Gasteiger partial charge in [-0.05, 0) is 10.9 Å². The minimum Gasteiger partial charge on any atom is -0.461 e. The molecule has 6 heteroatoms. The molecule has 3 nitrogen and oxygen atoms in total. The number of alkyl halides is 2. The lowest BCUT2D eigenvalue weighted by Gasteiger charge is -2.14. The van der Waals surface area contributed by atoms with Gasteiger partial charge in [0, 0.05) is 0 Å². The van der Waals surface area contributed by atoms with Crippen molar-refractivity contribution in [3.8, 4) is 0 Å². The van der Waals surface area contributed by atoms with E-state index in [9.17, 15) is 18.1 Å². The largest absolute Gasteiger partial charge is 0.461 e. The number of unbranched alkanes of at least 4 members (excludes halogenated alkanes) is 6. The first-order valence-corrected chi connectivity index (χ1v) is 6.32. The fourth-order valence-electron chi connectivity index (χ4n) is 1.44. The van der Waals surface area contributed by atoms with Gasteiger partial charge in [-0.1, -0.05) is 45.4 Å². The maximum Gasteiger partial charge on any atom is 0.378 e. The molecular weight excluding hydrogens is 249 g/mol. The molecule has 0 radical (unpaired) electrons. The van der Waals surface area contributed by atoms with Crippen molar-refractivity contribution < 1.29 is 27.8 Å². The van der Waals surface area contributed by atoms with Crippen LogP contribution in [0.15, 0.2) is 0 Å². The SMILES string of the molecule is CCCCCCCCCOC(=O)C(F)(CF)OF. The fraction of sp³-hybridized carbons (Fsp3) is 0.917. The van der Waals surface area contributed by atoms with Crippen molar-refractivity contribution in [3.05, 3.63) is 0 Å². The number of hydrogen-bond acceptors (Lipinski definition) is 3. The van der Waals surface area contributed by atoms with E-state index in [2.05, 4.69) is 16.6 Å².